The summed E-state index contributed by atoms with van der Waals surface area (Å²) in [7, 11) is -3.89. The number of sulfonamides is 1. The van der Waals surface area contributed by atoms with Gasteiger partial charge in [0.1, 0.15) is 11.4 Å². The normalized spacial score (nSPS) is 11.3. The number of anilines is 1. The Morgan fingerprint density at radius 3 is 2.67 bits per heavy atom. The van der Waals surface area contributed by atoms with E-state index in [1.54, 1.807) is 0 Å². The summed E-state index contributed by atoms with van der Waals surface area (Å²) in [5.74, 6) is -1.13. The summed E-state index contributed by atoms with van der Waals surface area (Å²) in [6, 6.07) is 4.27. The quantitative estimate of drug-likeness (QED) is 0.860. The number of carbonyl (C=O) groups is 1. The van der Waals surface area contributed by atoms with Gasteiger partial charge in [0, 0.05) is 6.20 Å². The molecule has 0 saturated heterocycles. The maximum atomic E-state index is 12.1. The molecule has 7 nitrogen and oxygen atoms in total. The molecule has 112 valence electrons. The van der Waals surface area contributed by atoms with Gasteiger partial charge in [-0.2, -0.15) is 5.10 Å². The standard InChI is InChI=1S/C11H9Cl2N3O4S/c12-9-2-1-7(3-10(9)13)15-21(19,20)8-4-14-16(5-8)6-11(17)18/h1-5,15H,6H2,(H,17,18). The van der Waals surface area contributed by atoms with Crippen LogP contribution in [0.2, 0.25) is 10.0 Å². The zero-order valence-electron chi connectivity index (χ0n) is 10.3. The smallest absolute Gasteiger partial charge is 0.325 e. The zero-order valence-corrected chi connectivity index (χ0v) is 12.7. The second kappa shape index (κ2) is 5.92. The summed E-state index contributed by atoms with van der Waals surface area (Å²) in [4.78, 5) is 10.4. The van der Waals surface area contributed by atoms with Crippen LogP contribution in [0.5, 0.6) is 0 Å². The lowest BCUT2D eigenvalue weighted by Gasteiger charge is -2.07. The number of hydrogen-bond acceptors (Lipinski definition) is 4. The highest BCUT2D eigenvalue weighted by Gasteiger charge is 2.17. The Bertz CT molecular complexity index is 789. The molecule has 1 heterocycles. The van der Waals surface area contributed by atoms with E-state index >= 15 is 0 Å². The van der Waals surface area contributed by atoms with E-state index in [0.29, 0.717) is 5.02 Å². The fourth-order valence-electron chi connectivity index (χ4n) is 1.48. The first-order valence-electron chi connectivity index (χ1n) is 5.50. The highest BCUT2D eigenvalue weighted by molar-refractivity contribution is 7.92. The number of nitrogens with zero attached hydrogens (tertiary/aromatic N) is 2. The Morgan fingerprint density at radius 1 is 1.33 bits per heavy atom. The second-order valence-electron chi connectivity index (χ2n) is 4.00. The van der Waals surface area contributed by atoms with Crippen LogP contribution < -0.4 is 4.72 Å². The largest absolute Gasteiger partial charge is 0.480 e. The van der Waals surface area contributed by atoms with Crippen LogP contribution in [0.25, 0.3) is 0 Å². The third kappa shape index (κ3) is 3.87. The van der Waals surface area contributed by atoms with Crippen LogP contribution in [-0.4, -0.2) is 29.3 Å². The Labute approximate surface area is 130 Å². The molecule has 0 aliphatic carbocycles. The molecule has 0 spiro atoms. The van der Waals surface area contributed by atoms with Crippen LogP contribution in [0, 0.1) is 0 Å². The van der Waals surface area contributed by atoms with Crippen LogP contribution in [-0.2, 0) is 21.4 Å². The highest BCUT2D eigenvalue weighted by atomic mass is 35.5. The molecule has 2 aromatic rings. The maximum Gasteiger partial charge on any atom is 0.325 e. The van der Waals surface area contributed by atoms with Gasteiger partial charge in [0.2, 0.25) is 0 Å². The van der Waals surface area contributed by atoms with E-state index in [4.69, 9.17) is 28.3 Å². The first-order valence-corrected chi connectivity index (χ1v) is 7.74. The van der Waals surface area contributed by atoms with Crippen molar-refractivity contribution >= 4 is 44.9 Å². The monoisotopic (exact) mass is 349 g/mol. The molecule has 2 N–H and O–H groups in total. The molecule has 1 aromatic heterocycles. The highest BCUT2D eigenvalue weighted by Crippen LogP contribution is 2.26. The number of aromatic nitrogens is 2. The van der Waals surface area contributed by atoms with Gasteiger partial charge in [-0.15, -0.1) is 0 Å². The Balaban J connectivity index is 2.23. The number of carboxylic acids is 1. The number of aliphatic carboxylic acids is 1. The fourth-order valence-corrected chi connectivity index (χ4v) is 2.78. The Hall–Kier alpha value is -1.77. The summed E-state index contributed by atoms with van der Waals surface area (Å²) < 4.78 is 27.5. The lowest BCUT2D eigenvalue weighted by Crippen LogP contribution is -2.13. The van der Waals surface area contributed by atoms with Gasteiger partial charge >= 0.3 is 5.97 Å². The number of hydrogen-bond donors (Lipinski definition) is 2. The Morgan fingerprint density at radius 2 is 2.05 bits per heavy atom. The van der Waals surface area contributed by atoms with E-state index in [1.807, 2.05) is 0 Å². The average Bonchev–Trinajstić information content (AvgIpc) is 2.82. The molecule has 1 aromatic carbocycles. The van der Waals surface area contributed by atoms with Crippen molar-refractivity contribution in [2.24, 2.45) is 0 Å². The van der Waals surface area contributed by atoms with Gasteiger partial charge < -0.3 is 5.11 Å². The third-order valence-electron chi connectivity index (χ3n) is 2.39. The number of carboxylic acid groups (broad SMARTS) is 1. The van der Waals surface area contributed by atoms with Crippen molar-refractivity contribution in [3.63, 3.8) is 0 Å². The fraction of sp³-hybridized carbons (Fsp3) is 0.0909. The second-order valence-corrected chi connectivity index (χ2v) is 6.50. The van der Waals surface area contributed by atoms with Gasteiger partial charge in [-0.05, 0) is 18.2 Å². The van der Waals surface area contributed by atoms with Crippen molar-refractivity contribution in [2.45, 2.75) is 11.4 Å². The lowest BCUT2D eigenvalue weighted by molar-refractivity contribution is -0.137. The minimum absolute atomic E-state index is 0.158. The predicted octanol–water partition coefficient (Wildman–Crippen LogP) is 2.08. The molecule has 2 rings (SSSR count). The van der Waals surface area contributed by atoms with Crippen LogP contribution in [0.4, 0.5) is 5.69 Å². The topological polar surface area (TPSA) is 101 Å². The van der Waals surface area contributed by atoms with Crippen LogP contribution in [0.3, 0.4) is 0 Å². The SMILES string of the molecule is O=C(O)Cn1cc(S(=O)(=O)Nc2ccc(Cl)c(Cl)c2)cn1. The van der Waals surface area contributed by atoms with Gasteiger partial charge in [-0.25, -0.2) is 8.42 Å². The molecule has 0 bridgehead atoms. The van der Waals surface area contributed by atoms with E-state index in [9.17, 15) is 13.2 Å². The molecule has 0 unspecified atom stereocenters. The molecule has 0 amide bonds. The molecule has 0 atom stereocenters. The van der Waals surface area contributed by atoms with Crippen molar-refractivity contribution in [2.75, 3.05) is 4.72 Å². The summed E-state index contributed by atoms with van der Waals surface area (Å²) in [5, 5.41) is 12.8. The van der Waals surface area contributed by atoms with Crippen molar-refractivity contribution in [1.82, 2.24) is 9.78 Å². The maximum absolute atomic E-state index is 12.1. The summed E-state index contributed by atoms with van der Waals surface area (Å²) in [6.45, 7) is -0.428. The minimum atomic E-state index is -3.89. The van der Waals surface area contributed by atoms with E-state index in [0.717, 1.165) is 17.1 Å². The summed E-state index contributed by atoms with van der Waals surface area (Å²) in [5.41, 5.74) is 0.232. The summed E-state index contributed by atoms with van der Waals surface area (Å²) >= 11 is 11.5. The number of benzene rings is 1. The average molecular weight is 350 g/mol. The molecule has 0 aliphatic heterocycles. The van der Waals surface area contributed by atoms with E-state index in [2.05, 4.69) is 9.82 Å². The van der Waals surface area contributed by atoms with Crippen molar-refractivity contribution in [3.8, 4) is 0 Å². The molecule has 0 radical (unpaired) electrons. The third-order valence-corrected chi connectivity index (χ3v) is 4.46. The first kappa shape index (κ1) is 15.6. The Kier molecular flexibility index (Phi) is 4.40. The van der Waals surface area contributed by atoms with Gasteiger partial charge in [0.05, 0.1) is 21.9 Å². The number of rotatable bonds is 5. The van der Waals surface area contributed by atoms with Gasteiger partial charge in [0.25, 0.3) is 10.0 Å². The van der Waals surface area contributed by atoms with Gasteiger partial charge in [0.15, 0.2) is 0 Å². The molecule has 21 heavy (non-hydrogen) atoms. The number of halogens is 2. The first-order chi connectivity index (χ1) is 9.78. The van der Waals surface area contributed by atoms with E-state index in [1.165, 1.54) is 18.2 Å². The van der Waals surface area contributed by atoms with Crippen LogP contribution in [0.1, 0.15) is 0 Å². The molecular weight excluding hydrogens is 341 g/mol. The molecule has 10 heteroatoms. The van der Waals surface area contributed by atoms with Crippen molar-refractivity contribution in [1.29, 1.82) is 0 Å². The van der Waals surface area contributed by atoms with Gasteiger partial charge in [-0.1, -0.05) is 23.2 Å². The summed E-state index contributed by atoms with van der Waals surface area (Å²) in [6.07, 6.45) is 2.18. The molecule has 0 saturated carbocycles. The molecule has 0 aliphatic rings. The van der Waals surface area contributed by atoms with E-state index in [-0.39, 0.29) is 15.6 Å². The van der Waals surface area contributed by atoms with Crippen LogP contribution in [0.15, 0.2) is 35.5 Å². The van der Waals surface area contributed by atoms with Crippen LogP contribution >= 0.6 is 23.2 Å². The zero-order chi connectivity index (χ0) is 15.6. The molecule has 0 fully saturated rings. The van der Waals surface area contributed by atoms with Gasteiger partial charge in [-0.3, -0.25) is 14.2 Å². The van der Waals surface area contributed by atoms with E-state index < -0.39 is 22.5 Å². The predicted molar refractivity (Wildman–Crippen MR) is 77.1 cm³/mol. The van der Waals surface area contributed by atoms with Crippen molar-refractivity contribution in [3.05, 3.63) is 40.6 Å². The van der Waals surface area contributed by atoms with Crippen molar-refractivity contribution < 1.29 is 18.3 Å². The minimum Gasteiger partial charge on any atom is -0.480 e. The lowest BCUT2D eigenvalue weighted by atomic mass is 10.3. The number of nitrogens with one attached hydrogen (secondary N) is 1. The molecular formula is C11H9Cl2N3O4S.